The number of aliphatic hydroxyl groups is 1. The summed E-state index contributed by atoms with van der Waals surface area (Å²) in [6.07, 6.45) is 0.0384. The van der Waals surface area contributed by atoms with E-state index in [2.05, 4.69) is 15.7 Å². The Hall–Kier alpha value is -1.96. The maximum atomic E-state index is 11.4. The lowest BCUT2D eigenvalue weighted by Gasteiger charge is -2.07. The van der Waals surface area contributed by atoms with Crippen LogP contribution in [0.5, 0.6) is 0 Å². The summed E-state index contributed by atoms with van der Waals surface area (Å²) in [5.74, 6) is -2.05. The molecule has 3 amide bonds. The Kier molecular flexibility index (Phi) is 8.10. The highest BCUT2D eigenvalue weighted by molar-refractivity contribution is 6.35. The zero-order valence-electron chi connectivity index (χ0n) is 11.3. The maximum absolute atomic E-state index is 11.4. The van der Waals surface area contributed by atoms with E-state index in [1.807, 2.05) is 19.3 Å². The first-order valence-corrected chi connectivity index (χ1v) is 5.88. The van der Waals surface area contributed by atoms with Crippen LogP contribution in [0.15, 0.2) is 5.10 Å². The van der Waals surface area contributed by atoms with E-state index in [9.17, 15) is 14.4 Å². The molecule has 0 fully saturated rings. The minimum absolute atomic E-state index is 0.00819. The predicted octanol–water partition coefficient (Wildman–Crippen LogP) is -1.50. The van der Waals surface area contributed by atoms with E-state index in [1.54, 1.807) is 6.92 Å². The van der Waals surface area contributed by atoms with Gasteiger partial charge in [0.05, 0.1) is 13.0 Å². The van der Waals surface area contributed by atoms with Gasteiger partial charge in [0, 0.05) is 18.3 Å². The van der Waals surface area contributed by atoms with Gasteiger partial charge < -0.3 is 15.7 Å². The molecule has 0 spiro atoms. The van der Waals surface area contributed by atoms with Gasteiger partial charge in [-0.1, -0.05) is 0 Å². The molecule has 0 saturated carbocycles. The molecular formula is C11H20N4O4. The molecule has 0 atom stereocenters. The molecule has 0 bridgehead atoms. The highest BCUT2D eigenvalue weighted by Crippen LogP contribution is 1.88. The molecule has 0 aliphatic rings. The lowest BCUT2D eigenvalue weighted by Crippen LogP contribution is -2.39. The number of aliphatic hydroxyl groups excluding tert-OH is 1. The topological polar surface area (TPSA) is 120 Å². The molecule has 0 rings (SSSR count). The zero-order chi connectivity index (χ0) is 14.8. The van der Waals surface area contributed by atoms with Crippen molar-refractivity contribution in [1.29, 1.82) is 0 Å². The zero-order valence-corrected chi connectivity index (χ0v) is 11.3. The molecule has 0 aromatic carbocycles. The fourth-order valence-electron chi connectivity index (χ4n) is 1.09. The Morgan fingerprint density at radius 2 is 1.84 bits per heavy atom. The summed E-state index contributed by atoms with van der Waals surface area (Å²) in [7, 11) is 0. The minimum Gasteiger partial charge on any atom is -0.395 e. The third-order valence-electron chi connectivity index (χ3n) is 1.82. The van der Waals surface area contributed by atoms with Crippen molar-refractivity contribution < 1.29 is 19.5 Å². The molecule has 0 aliphatic heterocycles. The van der Waals surface area contributed by atoms with Gasteiger partial charge in [-0.15, -0.1) is 0 Å². The number of nitrogens with zero attached hydrogens (tertiary/aromatic N) is 1. The summed E-state index contributed by atoms with van der Waals surface area (Å²) in [6.45, 7) is 4.96. The van der Waals surface area contributed by atoms with Crippen molar-refractivity contribution in [1.82, 2.24) is 16.1 Å². The number of carbonyl (C=O) groups excluding carboxylic acids is 3. The van der Waals surface area contributed by atoms with Crippen LogP contribution in [0.1, 0.15) is 27.2 Å². The van der Waals surface area contributed by atoms with Crippen molar-refractivity contribution in [3.05, 3.63) is 0 Å². The quantitative estimate of drug-likeness (QED) is 0.267. The van der Waals surface area contributed by atoms with Crippen LogP contribution < -0.4 is 16.1 Å². The van der Waals surface area contributed by atoms with Gasteiger partial charge in [-0.25, -0.2) is 5.43 Å². The molecule has 4 N–H and O–H groups in total. The van der Waals surface area contributed by atoms with E-state index >= 15 is 0 Å². The third kappa shape index (κ3) is 8.72. The molecule has 0 unspecified atom stereocenters. The molecule has 0 aromatic heterocycles. The normalized spacial score (nSPS) is 11.1. The third-order valence-corrected chi connectivity index (χ3v) is 1.82. The maximum Gasteiger partial charge on any atom is 0.329 e. The average Bonchev–Trinajstić information content (AvgIpc) is 2.31. The van der Waals surface area contributed by atoms with Crippen LogP contribution in [0.25, 0.3) is 0 Å². The fourth-order valence-corrected chi connectivity index (χ4v) is 1.09. The minimum atomic E-state index is -0.947. The number of hydrogen-bond acceptors (Lipinski definition) is 5. The van der Waals surface area contributed by atoms with E-state index in [0.29, 0.717) is 5.71 Å². The Morgan fingerprint density at radius 3 is 2.37 bits per heavy atom. The van der Waals surface area contributed by atoms with E-state index < -0.39 is 11.8 Å². The summed E-state index contributed by atoms with van der Waals surface area (Å²) < 4.78 is 0. The predicted molar refractivity (Wildman–Crippen MR) is 69.2 cm³/mol. The molecule has 0 aliphatic carbocycles. The second kappa shape index (κ2) is 9.03. The molecule has 8 heteroatoms. The largest absolute Gasteiger partial charge is 0.395 e. The van der Waals surface area contributed by atoms with Gasteiger partial charge in [-0.05, 0) is 20.8 Å². The van der Waals surface area contributed by atoms with Gasteiger partial charge in [0.1, 0.15) is 0 Å². The lowest BCUT2D eigenvalue weighted by atomic mass is 10.2. The van der Waals surface area contributed by atoms with E-state index in [0.717, 1.165) is 0 Å². The SMILES string of the molecule is CC(CC(=O)NC(C)C)=NNC(=O)C(=O)NCCO. The van der Waals surface area contributed by atoms with Crippen molar-refractivity contribution in [2.24, 2.45) is 5.10 Å². The van der Waals surface area contributed by atoms with Crippen LogP contribution >= 0.6 is 0 Å². The number of amides is 3. The summed E-state index contributed by atoms with van der Waals surface area (Å²) in [5, 5.41) is 16.9. The van der Waals surface area contributed by atoms with Gasteiger partial charge in [-0.2, -0.15) is 5.10 Å². The Labute approximate surface area is 111 Å². The number of nitrogens with one attached hydrogen (secondary N) is 3. The van der Waals surface area contributed by atoms with Crippen LogP contribution in [0, 0.1) is 0 Å². The number of rotatable bonds is 6. The van der Waals surface area contributed by atoms with Crippen LogP contribution in [-0.4, -0.2) is 47.7 Å². The number of hydrazone groups is 1. The molecule has 0 aromatic rings. The molecule has 108 valence electrons. The summed E-state index contributed by atoms with van der Waals surface area (Å²) >= 11 is 0. The molecule has 8 nitrogen and oxygen atoms in total. The number of hydrogen-bond donors (Lipinski definition) is 4. The summed E-state index contributed by atoms with van der Waals surface area (Å²) in [6, 6.07) is 0.0270. The Balaban J connectivity index is 4.13. The van der Waals surface area contributed by atoms with Crippen molar-refractivity contribution in [3.63, 3.8) is 0 Å². The van der Waals surface area contributed by atoms with Gasteiger partial charge in [-0.3, -0.25) is 14.4 Å². The molecule has 0 saturated heterocycles. The Bertz CT molecular complexity index is 366. The second-order valence-electron chi connectivity index (χ2n) is 4.17. The Morgan fingerprint density at radius 1 is 1.21 bits per heavy atom. The first-order valence-electron chi connectivity index (χ1n) is 5.88. The lowest BCUT2D eigenvalue weighted by molar-refractivity contribution is -0.139. The average molecular weight is 272 g/mol. The van der Waals surface area contributed by atoms with Gasteiger partial charge in [0.2, 0.25) is 5.91 Å². The molecule has 0 heterocycles. The fraction of sp³-hybridized carbons (Fsp3) is 0.636. The van der Waals surface area contributed by atoms with Crippen molar-refractivity contribution in [3.8, 4) is 0 Å². The van der Waals surface area contributed by atoms with Gasteiger partial charge in [0.25, 0.3) is 0 Å². The van der Waals surface area contributed by atoms with E-state index in [4.69, 9.17) is 5.11 Å². The molecule has 19 heavy (non-hydrogen) atoms. The first kappa shape index (κ1) is 17.0. The second-order valence-corrected chi connectivity index (χ2v) is 4.17. The number of carbonyl (C=O) groups is 3. The van der Waals surface area contributed by atoms with Crippen molar-refractivity contribution >= 4 is 23.4 Å². The van der Waals surface area contributed by atoms with Gasteiger partial charge >= 0.3 is 11.8 Å². The van der Waals surface area contributed by atoms with E-state index in [-0.39, 0.29) is 31.5 Å². The van der Waals surface area contributed by atoms with Crippen LogP contribution in [-0.2, 0) is 14.4 Å². The smallest absolute Gasteiger partial charge is 0.329 e. The van der Waals surface area contributed by atoms with Gasteiger partial charge in [0.15, 0.2) is 0 Å². The molecule has 0 radical (unpaired) electrons. The van der Waals surface area contributed by atoms with E-state index in [1.165, 1.54) is 0 Å². The summed E-state index contributed by atoms with van der Waals surface area (Å²) in [4.78, 5) is 33.7. The summed E-state index contributed by atoms with van der Waals surface area (Å²) in [5.41, 5.74) is 2.40. The van der Waals surface area contributed by atoms with Crippen molar-refractivity contribution in [2.45, 2.75) is 33.2 Å². The highest BCUT2D eigenvalue weighted by atomic mass is 16.3. The highest BCUT2D eigenvalue weighted by Gasteiger charge is 2.12. The van der Waals surface area contributed by atoms with Crippen LogP contribution in [0.2, 0.25) is 0 Å². The van der Waals surface area contributed by atoms with Crippen LogP contribution in [0.4, 0.5) is 0 Å². The van der Waals surface area contributed by atoms with Crippen LogP contribution in [0.3, 0.4) is 0 Å². The monoisotopic (exact) mass is 272 g/mol. The first-order chi connectivity index (χ1) is 8.86. The standard InChI is InChI=1S/C11H20N4O4/c1-7(2)13-9(17)6-8(3)14-15-11(19)10(18)12-4-5-16/h7,16H,4-6H2,1-3H3,(H,12,18)(H,13,17)(H,15,19). The molecular weight excluding hydrogens is 252 g/mol. The van der Waals surface area contributed by atoms with Crippen molar-refractivity contribution in [2.75, 3.05) is 13.2 Å².